The van der Waals surface area contributed by atoms with Crippen LogP contribution in [0.25, 0.3) is 0 Å². The number of esters is 1. The predicted octanol–water partition coefficient (Wildman–Crippen LogP) is 3.30. The number of ether oxygens (including phenoxy) is 2. The second kappa shape index (κ2) is 6.24. The molecule has 4 heteroatoms. The van der Waals surface area contributed by atoms with E-state index in [0.29, 0.717) is 29.0 Å². The Hall–Kier alpha value is -2.62. The van der Waals surface area contributed by atoms with Gasteiger partial charge in [0.05, 0.1) is 18.1 Å². The number of rotatable bonds is 3. The fourth-order valence-corrected chi connectivity index (χ4v) is 2.72. The summed E-state index contributed by atoms with van der Waals surface area (Å²) in [5, 5.41) is 0. The summed E-state index contributed by atoms with van der Waals surface area (Å²) in [7, 11) is 0. The Morgan fingerprint density at radius 3 is 2.74 bits per heavy atom. The largest absolute Gasteiger partial charge is 0.488 e. The molecular formula is C19H18O4. The van der Waals surface area contributed by atoms with E-state index in [4.69, 9.17) is 9.47 Å². The molecule has 23 heavy (non-hydrogen) atoms. The molecule has 3 rings (SSSR count). The van der Waals surface area contributed by atoms with Crippen LogP contribution >= 0.6 is 0 Å². The highest BCUT2D eigenvalue weighted by Crippen LogP contribution is 2.31. The molecule has 0 amide bonds. The Labute approximate surface area is 135 Å². The lowest BCUT2D eigenvalue weighted by atomic mass is 9.94. The zero-order valence-electron chi connectivity index (χ0n) is 13.2. The molecule has 4 nitrogen and oxygen atoms in total. The monoisotopic (exact) mass is 310 g/mol. The van der Waals surface area contributed by atoms with Gasteiger partial charge < -0.3 is 9.47 Å². The first-order valence-corrected chi connectivity index (χ1v) is 7.63. The minimum absolute atomic E-state index is 0.0542. The van der Waals surface area contributed by atoms with Gasteiger partial charge in [-0.15, -0.1) is 0 Å². The van der Waals surface area contributed by atoms with Crippen molar-refractivity contribution in [1.82, 2.24) is 0 Å². The second-order valence-corrected chi connectivity index (χ2v) is 5.78. The summed E-state index contributed by atoms with van der Waals surface area (Å²) in [4.78, 5) is 24.9. The Kier molecular flexibility index (Phi) is 4.15. The Morgan fingerprint density at radius 1 is 1.17 bits per heavy atom. The van der Waals surface area contributed by atoms with E-state index in [0.717, 1.165) is 5.56 Å². The SMILES string of the molecule is CC(C)OC(=O)Cc1cccc2c1C(=O)c1ccccc1CO2. The van der Waals surface area contributed by atoms with Crippen LogP contribution in [0.5, 0.6) is 5.75 Å². The molecule has 1 heterocycles. The molecule has 118 valence electrons. The summed E-state index contributed by atoms with van der Waals surface area (Å²) in [6, 6.07) is 12.7. The summed E-state index contributed by atoms with van der Waals surface area (Å²) in [5.41, 5.74) is 2.56. The number of carbonyl (C=O) groups is 2. The Morgan fingerprint density at radius 2 is 1.96 bits per heavy atom. The van der Waals surface area contributed by atoms with Crippen LogP contribution in [0.4, 0.5) is 0 Å². The van der Waals surface area contributed by atoms with Crippen molar-refractivity contribution < 1.29 is 19.1 Å². The van der Waals surface area contributed by atoms with Crippen molar-refractivity contribution in [2.45, 2.75) is 33.0 Å². The first-order valence-electron chi connectivity index (χ1n) is 7.63. The average molecular weight is 310 g/mol. The topological polar surface area (TPSA) is 52.6 Å². The molecule has 0 unspecified atom stereocenters. The standard InChI is InChI=1S/C19H18O4/c1-12(2)23-17(20)10-13-7-5-9-16-18(13)19(21)15-8-4-3-6-14(15)11-22-16/h3-9,12H,10-11H2,1-2H3. The third-order valence-electron chi connectivity index (χ3n) is 3.69. The van der Waals surface area contributed by atoms with E-state index in [2.05, 4.69) is 0 Å². The molecule has 0 spiro atoms. The summed E-state index contributed by atoms with van der Waals surface area (Å²) in [6.45, 7) is 3.94. The van der Waals surface area contributed by atoms with Gasteiger partial charge in [0.2, 0.25) is 0 Å². The number of hydrogen-bond acceptors (Lipinski definition) is 4. The minimum Gasteiger partial charge on any atom is -0.488 e. The van der Waals surface area contributed by atoms with E-state index in [1.54, 1.807) is 38.1 Å². The third kappa shape index (κ3) is 3.11. The van der Waals surface area contributed by atoms with Crippen LogP contribution in [0.15, 0.2) is 42.5 Å². The molecule has 2 aromatic carbocycles. The number of fused-ring (bicyclic) bond motifs is 2. The molecule has 1 aliphatic heterocycles. The molecule has 2 aromatic rings. The Bertz CT molecular complexity index is 762. The molecule has 0 fully saturated rings. The van der Waals surface area contributed by atoms with Crippen molar-refractivity contribution in [3.05, 3.63) is 64.7 Å². The zero-order valence-corrected chi connectivity index (χ0v) is 13.2. The maximum Gasteiger partial charge on any atom is 0.310 e. The van der Waals surface area contributed by atoms with Crippen LogP contribution in [0.2, 0.25) is 0 Å². The number of benzene rings is 2. The fraction of sp³-hybridized carbons (Fsp3) is 0.263. The lowest BCUT2D eigenvalue weighted by Crippen LogP contribution is -2.16. The van der Waals surface area contributed by atoms with Gasteiger partial charge in [0.1, 0.15) is 12.4 Å². The van der Waals surface area contributed by atoms with E-state index in [1.807, 2.05) is 18.2 Å². The normalized spacial score (nSPS) is 12.9. The molecule has 0 N–H and O–H groups in total. The lowest BCUT2D eigenvalue weighted by Gasteiger charge is -2.12. The molecule has 0 aliphatic carbocycles. The lowest BCUT2D eigenvalue weighted by molar-refractivity contribution is -0.146. The van der Waals surface area contributed by atoms with Gasteiger partial charge in [0.15, 0.2) is 5.78 Å². The fourth-order valence-electron chi connectivity index (χ4n) is 2.72. The maximum absolute atomic E-state index is 12.9. The van der Waals surface area contributed by atoms with E-state index in [1.165, 1.54) is 0 Å². The van der Waals surface area contributed by atoms with E-state index >= 15 is 0 Å². The molecule has 0 atom stereocenters. The first kappa shape index (κ1) is 15.3. The van der Waals surface area contributed by atoms with Gasteiger partial charge in [-0.05, 0) is 25.5 Å². The van der Waals surface area contributed by atoms with Crippen molar-refractivity contribution >= 4 is 11.8 Å². The Balaban J connectivity index is 2.01. The molecule has 0 aromatic heterocycles. The van der Waals surface area contributed by atoms with Crippen LogP contribution < -0.4 is 4.74 Å². The number of hydrogen-bond donors (Lipinski definition) is 0. The quantitative estimate of drug-likeness (QED) is 0.816. The molecule has 1 aliphatic rings. The number of carbonyl (C=O) groups excluding carboxylic acids is 2. The zero-order chi connectivity index (χ0) is 16.4. The van der Waals surface area contributed by atoms with Crippen molar-refractivity contribution in [3.8, 4) is 5.75 Å². The van der Waals surface area contributed by atoms with E-state index in [-0.39, 0.29) is 24.3 Å². The molecule has 0 saturated carbocycles. The van der Waals surface area contributed by atoms with Crippen LogP contribution in [-0.4, -0.2) is 17.9 Å². The molecular weight excluding hydrogens is 292 g/mol. The van der Waals surface area contributed by atoms with Crippen molar-refractivity contribution in [3.63, 3.8) is 0 Å². The van der Waals surface area contributed by atoms with Gasteiger partial charge >= 0.3 is 5.97 Å². The van der Waals surface area contributed by atoms with Crippen LogP contribution in [0, 0.1) is 0 Å². The predicted molar refractivity (Wildman–Crippen MR) is 85.6 cm³/mol. The second-order valence-electron chi connectivity index (χ2n) is 5.78. The van der Waals surface area contributed by atoms with Crippen LogP contribution in [0.1, 0.15) is 40.9 Å². The smallest absolute Gasteiger partial charge is 0.310 e. The summed E-state index contributed by atoms with van der Waals surface area (Å²) in [6.07, 6.45) is -0.129. The first-order chi connectivity index (χ1) is 11.1. The van der Waals surface area contributed by atoms with Crippen molar-refractivity contribution in [1.29, 1.82) is 0 Å². The third-order valence-corrected chi connectivity index (χ3v) is 3.69. The number of ketones is 1. The highest BCUT2D eigenvalue weighted by Gasteiger charge is 2.25. The van der Waals surface area contributed by atoms with Gasteiger partial charge in [0.25, 0.3) is 0 Å². The molecule has 0 bridgehead atoms. The van der Waals surface area contributed by atoms with Crippen LogP contribution in [-0.2, 0) is 22.6 Å². The van der Waals surface area contributed by atoms with E-state index in [9.17, 15) is 9.59 Å². The van der Waals surface area contributed by atoms with Crippen molar-refractivity contribution in [2.75, 3.05) is 0 Å². The summed E-state index contributed by atoms with van der Waals surface area (Å²) < 4.78 is 11.0. The maximum atomic E-state index is 12.9. The van der Waals surface area contributed by atoms with E-state index < -0.39 is 0 Å². The van der Waals surface area contributed by atoms with Crippen LogP contribution in [0.3, 0.4) is 0 Å². The highest BCUT2D eigenvalue weighted by atomic mass is 16.5. The van der Waals surface area contributed by atoms with Gasteiger partial charge in [-0.3, -0.25) is 9.59 Å². The minimum atomic E-state index is -0.348. The van der Waals surface area contributed by atoms with Gasteiger partial charge in [-0.1, -0.05) is 36.4 Å². The average Bonchev–Trinajstić information content (AvgIpc) is 2.65. The van der Waals surface area contributed by atoms with Gasteiger partial charge in [-0.2, -0.15) is 0 Å². The summed E-state index contributed by atoms with van der Waals surface area (Å²) in [5.74, 6) is 0.0563. The van der Waals surface area contributed by atoms with Gasteiger partial charge in [-0.25, -0.2) is 0 Å². The molecule has 0 radical (unpaired) electrons. The van der Waals surface area contributed by atoms with Crippen molar-refractivity contribution in [2.24, 2.45) is 0 Å². The molecule has 0 saturated heterocycles. The highest BCUT2D eigenvalue weighted by molar-refractivity contribution is 6.13. The van der Waals surface area contributed by atoms with Gasteiger partial charge in [0, 0.05) is 11.1 Å². The summed E-state index contributed by atoms with van der Waals surface area (Å²) >= 11 is 0.